The second kappa shape index (κ2) is 3.81. The van der Waals surface area contributed by atoms with Gasteiger partial charge in [-0.05, 0) is 29.7 Å². The van der Waals surface area contributed by atoms with E-state index < -0.39 is 0 Å². The summed E-state index contributed by atoms with van der Waals surface area (Å²) in [6, 6.07) is 13.8. The number of hydrogen-bond donors (Lipinski definition) is 1. The Bertz CT molecular complexity index is 563. The minimum Gasteiger partial charge on any atom is -0.507 e. The average Bonchev–Trinajstić information content (AvgIpc) is 2.72. The van der Waals surface area contributed by atoms with E-state index in [-0.39, 0.29) is 0 Å². The highest BCUT2D eigenvalue weighted by Gasteiger charge is 2.20. The van der Waals surface area contributed by atoms with Gasteiger partial charge in [0, 0.05) is 24.8 Å². The van der Waals surface area contributed by atoms with E-state index in [0.717, 1.165) is 24.1 Å². The number of nitrogens with zero attached hydrogens (tertiary/aromatic N) is 1. The van der Waals surface area contributed by atoms with Crippen LogP contribution in [0.5, 0.6) is 5.75 Å². The molecule has 17 heavy (non-hydrogen) atoms. The van der Waals surface area contributed by atoms with Crippen molar-refractivity contribution < 1.29 is 5.11 Å². The number of hydrogen-bond acceptors (Lipinski definition) is 2. The third-order valence-corrected chi connectivity index (χ3v) is 3.45. The van der Waals surface area contributed by atoms with Crippen LogP contribution < -0.4 is 4.90 Å². The van der Waals surface area contributed by atoms with Crippen molar-refractivity contribution in [3.63, 3.8) is 0 Å². The van der Waals surface area contributed by atoms with Crippen LogP contribution in [0.2, 0.25) is 0 Å². The lowest BCUT2D eigenvalue weighted by Gasteiger charge is -2.13. The lowest BCUT2D eigenvalue weighted by Crippen LogP contribution is -2.12. The first-order valence-corrected chi connectivity index (χ1v) is 5.89. The summed E-state index contributed by atoms with van der Waals surface area (Å²) >= 11 is 0. The van der Waals surface area contributed by atoms with Crippen LogP contribution in [0.4, 0.5) is 5.69 Å². The van der Waals surface area contributed by atoms with E-state index in [1.54, 1.807) is 6.07 Å². The molecule has 2 aromatic carbocycles. The number of phenols is 1. The predicted octanol–water partition coefficient (Wildman–Crippen LogP) is 3.05. The Morgan fingerprint density at radius 3 is 2.59 bits per heavy atom. The number of anilines is 1. The molecule has 0 fully saturated rings. The van der Waals surface area contributed by atoms with Crippen LogP contribution in [0, 0.1) is 0 Å². The molecule has 1 N–H and O–H groups in total. The summed E-state index contributed by atoms with van der Waals surface area (Å²) in [4.78, 5) is 2.26. The lowest BCUT2D eigenvalue weighted by molar-refractivity contribution is 0.477. The Morgan fingerprint density at radius 1 is 1.00 bits per heavy atom. The number of aromatic hydroxyl groups is 1. The first-order chi connectivity index (χ1) is 8.27. The summed E-state index contributed by atoms with van der Waals surface area (Å²) in [6.45, 7) is 1.06. The molecule has 86 valence electrons. The van der Waals surface area contributed by atoms with Gasteiger partial charge in [-0.1, -0.05) is 30.3 Å². The van der Waals surface area contributed by atoms with Gasteiger partial charge in [0.05, 0.1) is 0 Å². The van der Waals surface area contributed by atoms with Crippen molar-refractivity contribution in [1.82, 2.24) is 0 Å². The summed E-state index contributed by atoms with van der Waals surface area (Å²) in [6.07, 6.45) is 1.05. The smallest absolute Gasteiger partial charge is 0.123 e. The standard InChI is InChI=1S/C15H15NO/c1-16-10-9-12-11(6-4-7-14(12)16)13-5-2-3-8-15(13)17/h2-8,17H,9-10H2,1H3. The van der Waals surface area contributed by atoms with Crippen LogP contribution in [0.15, 0.2) is 42.5 Å². The lowest BCUT2D eigenvalue weighted by atomic mass is 9.97. The van der Waals surface area contributed by atoms with Gasteiger partial charge >= 0.3 is 0 Å². The minimum atomic E-state index is 0.357. The third-order valence-electron chi connectivity index (χ3n) is 3.45. The molecule has 2 aromatic rings. The van der Waals surface area contributed by atoms with Gasteiger partial charge < -0.3 is 10.0 Å². The molecule has 0 radical (unpaired) electrons. The Labute approximate surface area is 101 Å². The van der Waals surface area contributed by atoms with Crippen LogP contribution in [-0.2, 0) is 6.42 Å². The van der Waals surface area contributed by atoms with Crippen molar-refractivity contribution >= 4 is 5.69 Å². The van der Waals surface area contributed by atoms with E-state index >= 15 is 0 Å². The average molecular weight is 225 g/mol. The van der Waals surface area contributed by atoms with Gasteiger partial charge in [0.2, 0.25) is 0 Å². The Balaban J connectivity index is 2.20. The van der Waals surface area contributed by atoms with Gasteiger partial charge in [0.15, 0.2) is 0 Å². The molecular weight excluding hydrogens is 210 g/mol. The normalized spacial score (nSPS) is 13.8. The van der Waals surface area contributed by atoms with E-state index in [1.165, 1.54) is 11.3 Å². The van der Waals surface area contributed by atoms with Crippen molar-refractivity contribution in [2.24, 2.45) is 0 Å². The van der Waals surface area contributed by atoms with Crippen molar-refractivity contribution in [3.05, 3.63) is 48.0 Å². The predicted molar refractivity (Wildman–Crippen MR) is 70.5 cm³/mol. The molecule has 0 saturated carbocycles. The second-order valence-corrected chi connectivity index (χ2v) is 4.49. The van der Waals surface area contributed by atoms with Crippen LogP contribution in [-0.4, -0.2) is 18.7 Å². The van der Waals surface area contributed by atoms with E-state index in [4.69, 9.17) is 0 Å². The van der Waals surface area contributed by atoms with Crippen LogP contribution in [0.3, 0.4) is 0 Å². The topological polar surface area (TPSA) is 23.5 Å². The van der Waals surface area contributed by atoms with Crippen molar-refractivity contribution in [1.29, 1.82) is 0 Å². The second-order valence-electron chi connectivity index (χ2n) is 4.49. The number of para-hydroxylation sites is 1. The molecule has 0 bridgehead atoms. The number of benzene rings is 2. The fraction of sp³-hybridized carbons (Fsp3) is 0.200. The van der Waals surface area contributed by atoms with Crippen LogP contribution >= 0.6 is 0 Å². The van der Waals surface area contributed by atoms with Gasteiger partial charge in [-0.2, -0.15) is 0 Å². The number of rotatable bonds is 1. The van der Waals surface area contributed by atoms with E-state index in [9.17, 15) is 5.11 Å². The number of fused-ring (bicyclic) bond motifs is 1. The molecule has 0 aromatic heterocycles. The Hall–Kier alpha value is -1.96. The number of phenolic OH excluding ortho intramolecular Hbond substituents is 1. The van der Waals surface area contributed by atoms with Crippen molar-refractivity contribution in [2.45, 2.75) is 6.42 Å². The molecule has 0 amide bonds. The molecule has 1 aliphatic rings. The maximum atomic E-state index is 9.95. The van der Waals surface area contributed by atoms with E-state index in [1.807, 2.05) is 18.2 Å². The van der Waals surface area contributed by atoms with Crippen LogP contribution in [0.1, 0.15) is 5.56 Å². The summed E-state index contributed by atoms with van der Waals surface area (Å²) in [5.41, 5.74) is 4.71. The molecule has 0 spiro atoms. The molecule has 0 unspecified atom stereocenters. The first kappa shape index (κ1) is 10.2. The quantitative estimate of drug-likeness (QED) is 0.806. The summed E-state index contributed by atoms with van der Waals surface area (Å²) in [7, 11) is 2.11. The SMILES string of the molecule is CN1CCc2c(-c3ccccc3O)cccc21. The fourth-order valence-corrected chi connectivity index (χ4v) is 2.55. The van der Waals surface area contributed by atoms with E-state index in [2.05, 4.69) is 30.1 Å². The number of likely N-dealkylation sites (N-methyl/N-ethyl adjacent to an activating group) is 1. The summed E-state index contributed by atoms with van der Waals surface area (Å²) in [5.74, 6) is 0.357. The van der Waals surface area contributed by atoms with Gasteiger partial charge in [0.25, 0.3) is 0 Å². The van der Waals surface area contributed by atoms with Gasteiger partial charge in [0.1, 0.15) is 5.75 Å². The minimum absolute atomic E-state index is 0.357. The highest BCUT2D eigenvalue weighted by atomic mass is 16.3. The summed E-state index contributed by atoms with van der Waals surface area (Å²) in [5, 5.41) is 9.95. The molecule has 0 aliphatic carbocycles. The maximum absolute atomic E-state index is 9.95. The summed E-state index contributed by atoms with van der Waals surface area (Å²) < 4.78 is 0. The van der Waals surface area contributed by atoms with Crippen molar-refractivity contribution in [2.75, 3.05) is 18.5 Å². The molecule has 0 saturated heterocycles. The molecule has 2 nitrogen and oxygen atoms in total. The van der Waals surface area contributed by atoms with E-state index in [0.29, 0.717) is 5.75 Å². The van der Waals surface area contributed by atoms with Crippen LogP contribution in [0.25, 0.3) is 11.1 Å². The Kier molecular flexibility index (Phi) is 2.29. The highest BCUT2D eigenvalue weighted by molar-refractivity contribution is 5.79. The first-order valence-electron chi connectivity index (χ1n) is 5.89. The largest absolute Gasteiger partial charge is 0.507 e. The molecule has 2 heteroatoms. The maximum Gasteiger partial charge on any atom is 0.123 e. The van der Waals surface area contributed by atoms with Gasteiger partial charge in [-0.15, -0.1) is 0 Å². The van der Waals surface area contributed by atoms with Gasteiger partial charge in [-0.25, -0.2) is 0 Å². The molecule has 3 rings (SSSR count). The molecular formula is C15H15NO. The zero-order valence-corrected chi connectivity index (χ0v) is 9.85. The Morgan fingerprint density at radius 2 is 1.76 bits per heavy atom. The molecule has 1 aliphatic heterocycles. The zero-order chi connectivity index (χ0) is 11.8. The molecule has 0 atom stereocenters. The van der Waals surface area contributed by atoms with Crippen molar-refractivity contribution in [3.8, 4) is 16.9 Å². The fourth-order valence-electron chi connectivity index (χ4n) is 2.55. The monoisotopic (exact) mass is 225 g/mol. The zero-order valence-electron chi connectivity index (χ0n) is 9.85. The molecule has 1 heterocycles. The van der Waals surface area contributed by atoms with Gasteiger partial charge in [-0.3, -0.25) is 0 Å². The third kappa shape index (κ3) is 1.57. The highest BCUT2D eigenvalue weighted by Crippen LogP contribution is 2.38.